The maximum absolute atomic E-state index is 13.0. The van der Waals surface area contributed by atoms with E-state index in [9.17, 15) is 9.59 Å². The number of carbonyl (C=O) groups excluding carboxylic acids is 2. The number of rotatable bonds is 9. The van der Waals surface area contributed by atoms with Gasteiger partial charge in [-0.1, -0.05) is 72.8 Å². The van der Waals surface area contributed by atoms with Crippen LogP contribution in [0, 0.1) is 0 Å². The largest absolute Gasteiger partial charge is 0.493 e. The molecule has 37 heavy (non-hydrogen) atoms. The zero-order valence-electron chi connectivity index (χ0n) is 20.3. The predicted molar refractivity (Wildman–Crippen MR) is 146 cm³/mol. The Kier molecular flexibility index (Phi) is 7.42. The van der Waals surface area contributed by atoms with Crippen molar-refractivity contribution in [3.63, 3.8) is 0 Å². The smallest absolute Gasteiger partial charge is 0.293 e. The highest BCUT2D eigenvalue weighted by molar-refractivity contribution is 8.18. The van der Waals surface area contributed by atoms with Crippen molar-refractivity contribution in [2.75, 3.05) is 20.3 Å². The summed E-state index contributed by atoms with van der Waals surface area (Å²) < 4.78 is 17.3. The van der Waals surface area contributed by atoms with Crippen LogP contribution in [0.3, 0.4) is 0 Å². The molecule has 1 saturated heterocycles. The Bertz CT molecular complexity index is 1460. The summed E-state index contributed by atoms with van der Waals surface area (Å²) in [4.78, 5) is 27.1. The first-order chi connectivity index (χ1) is 18.1. The lowest BCUT2D eigenvalue weighted by Crippen LogP contribution is -2.32. The van der Waals surface area contributed by atoms with E-state index in [0.29, 0.717) is 23.0 Å². The van der Waals surface area contributed by atoms with Gasteiger partial charge in [-0.3, -0.25) is 14.5 Å². The van der Waals surface area contributed by atoms with E-state index in [2.05, 4.69) is 0 Å². The minimum absolute atomic E-state index is 0.167. The zero-order chi connectivity index (χ0) is 25.6. The van der Waals surface area contributed by atoms with E-state index in [-0.39, 0.29) is 24.3 Å². The first-order valence-corrected chi connectivity index (χ1v) is 12.6. The van der Waals surface area contributed by atoms with Gasteiger partial charge >= 0.3 is 0 Å². The summed E-state index contributed by atoms with van der Waals surface area (Å²) in [6.07, 6.45) is 1.69. The minimum Gasteiger partial charge on any atom is -0.493 e. The van der Waals surface area contributed by atoms with E-state index in [1.54, 1.807) is 25.3 Å². The topological polar surface area (TPSA) is 65.1 Å². The van der Waals surface area contributed by atoms with Crippen LogP contribution in [0.1, 0.15) is 11.1 Å². The molecule has 1 heterocycles. The fourth-order valence-electron chi connectivity index (χ4n) is 4.04. The fourth-order valence-corrected chi connectivity index (χ4v) is 4.91. The Labute approximate surface area is 219 Å². The van der Waals surface area contributed by atoms with Crippen LogP contribution in [-0.4, -0.2) is 36.3 Å². The molecule has 0 atom stereocenters. The monoisotopic (exact) mass is 511 g/mol. The second-order valence-electron chi connectivity index (χ2n) is 8.34. The van der Waals surface area contributed by atoms with Gasteiger partial charge in [0.2, 0.25) is 0 Å². The van der Waals surface area contributed by atoms with Gasteiger partial charge in [0.05, 0.1) is 18.6 Å². The molecule has 5 rings (SSSR count). The van der Waals surface area contributed by atoms with Crippen LogP contribution in [0.2, 0.25) is 0 Å². The average molecular weight is 512 g/mol. The Morgan fingerprint density at radius 1 is 0.811 bits per heavy atom. The van der Waals surface area contributed by atoms with Gasteiger partial charge in [-0.05, 0) is 52.6 Å². The number of hydrogen-bond donors (Lipinski definition) is 0. The van der Waals surface area contributed by atoms with Crippen molar-refractivity contribution in [2.45, 2.75) is 6.61 Å². The molecule has 2 amide bonds. The van der Waals surface area contributed by atoms with Crippen molar-refractivity contribution < 1.29 is 23.8 Å². The number of methoxy groups -OCH3 is 1. The van der Waals surface area contributed by atoms with E-state index < -0.39 is 0 Å². The van der Waals surface area contributed by atoms with Gasteiger partial charge in [0, 0.05) is 5.39 Å². The van der Waals surface area contributed by atoms with Crippen molar-refractivity contribution in [3.05, 3.63) is 107 Å². The number of imide groups is 1. The van der Waals surface area contributed by atoms with Gasteiger partial charge in [0.1, 0.15) is 19.0 Å². The summed E-state index contributed by atoms with van der Waals surface area (Å²) in [5, 5.41) is 1.75. The zero-order valence-corrected chi connectivity index (χ0v) is 21.1. The fraction of sp³-hybridized carbons (Fsp3) is 0.133. The van der Waals surface area contributed by atoms with Crippen LogP contribution < -0.4 is 14.2 Å². The first kappa shape index (κ1) is 24.5. The molecule has 0 saturated carbocycles. The molecule has 7 heteroatoms. The molecule has 0 unspecified atom stereocenters. The lowest BCUT2D eigenvalue weighted by molar-refractivity contribution is -0.123. The van der Waals surface area contributed by atoms with Gasteiger partial charge in [-0.15, -0.1) is 0 Å². The lowest BCUT2D eigenvalue weighted by atomic mass is 10.1. The van der Waals surface area contributed by atoms with Crippen molar-refractivity contribution >= 4 is 39.8 Å². The summed E-state index contributed by atoms with van der Waals surface area (Å²) >= 11 is 0.922. The van der Waals surface area contributed by atoms with E-state index >= 15 is 0 Å². The van der Waals surface area contributed by atoms with Gasteiger partial charge in [0.25, 0.3) is 11.1 Å². The Balaban J connectivity index is 1.23. The normalized spacial score (nSPS) is 14.4. The predicted octanol–water partition coefficient (Wildman–Crippen LogP) is 6.54. The number of benzene rings is 4. The molecule has 4 aromatic rings. The maximum atomic E-state index is 13.0. The van der Waals surface area contributed by atoms with Crippen LogP contribution >= 0.6 is 11.8 Å². The minimum atomic E-state index is -0.333. The Morgan fingerprint density at radius 3 is 2.43 bits per heavy atom. The third kappa shape index (κ3) is 5.62. The number of carbonyl (C=O) groups is 2. The van der Waals surface area contributed by atoms with Gasteiger partial charge in [-0.25, -0.2) is 0 Å². The molecule has 0 N–H and O–H groups in total. The number of amides is 2. The van der Waals surface area contributed by atoms with Crippen molar-refractivity contribution in [1.82, 2.24) is 4.90 Å². The molecule has 0 aromatic heterocycles. The van der Waals surface area contributed by atoms with Gasteiger partial charge < -0.3 is 14.2 Å². The van der Waals surface area contributed by atoms with Crippen LogP contribution in [0.15, 0.2) is 95.9 Å². The van der Waals surface area contributed by atoms with Gasteiger partial charge in [-0.2, -0.15) is 0 Å². The van der Waals surface area contributed by atoms with Crippen molar-refractivity contribution in [1.29, 1.82) is 0 Å². The molecular formula is C30H25NO5S. The Morgan fingerprint density at radius 2 is 1.59 bits per heavy atom. The molecule has 4 aromatic carbocycles. The summed E-state index contributed by atoms with van der Waals surface area (Å²) in [5.41, 5.74) is 1.79. The summed E-state index contributed by atoms with van der Waals surface area (Å²) in [5.74, 6) is 1.54. The molecule has 1 aliphatic heterocycles. The van der Waals surface area contributed by atoms with E-state index in [1.807, 2.05) is 78.9 Å². The maximum Gasteiger partial charge on any atom is 0.293 e. The molecule has 0 spiro atoms. The molecule has 0 bridgehead atoms. The number of thioether (sulfide) groups is 1. The molecule has 1 aliphatic rings. The quantitative estimate of drug-likeness (QED) is 0.238. The highest BCUT2D eigenvalue weighted by atomic mass is 32.2. The highest BCUT2D eigenvalue weighted by Gasteiger charge is 2.34. The highest BCUT2D eigenvalue weighted by Crippen LogP contribution is 2.35. The van der Waals surface area contributed by atoms with Crippen LogP contribution in [-0.2, 0) is 11.4 Å². The van der Waals surface area contributed by atoms with E-state index in [1.165, 1.54) is 4.90 Å². The summed E-state index contributed by atoms with van der Waals surface area (Å²) in [6, 6.07) is 29.0. The molecular weight excluding hydrogens is 486 g/mol. The summed E-state index contributed by atoms with van der Waals surface area (Å²) in [7, 11) is 1.57. The van der Waals surface area contributed by atoms with Crippen LogP contribution in [0.4, 0.5) is 4.79 Å². The average Bonchev–Trinajstić information content (AvgIpc) is 3.20. The van der Waals surface area contributed by atoms with Crippen LogP contribution in [0.5, 0.6) is 17.2 Å². The number of ether oxygens (including phenoxy) is 3. The van der Waals surface area contributed by atoms with E-state index in [0.717, 1.165) is 39.4 Å². The molecule has 6 nitrogen and oxygen atoms in total. The summed E-state index contributed by atoms with van der Waals surface area (Å²) in [6.45, 7) is 0.789. The second kappa shape index (κ2) is 11.2. The number of fused-ring (bicyclic) bond motifs is 1. The van der Waals surface area contributed by atoms with E-state index in [4.69, 9.17) is 14.2 Å². The van der Waals surface area contributed by atoms with Crippen LogP contribution in [0.25, 0.3) is 16.8 Å². The molecule has 0 radical (unpaired) electrons. The first-order valence-electron chi connectivity index (χ1n) is 11.8. The Hall–Kier alpha value is -4.23. The van der Waals surface area contributed by atoms with Gasteiger partial charge in [0.15, 0.2) is 11.5 Å². The van der Waals surface area contributed by atoms with Crippen molar-refractivity contribution in [2.24, 2.45) is 0 Å². The third-order valence-electron chi connectivity index (χ3n) is 5.92. The number of nitrogens with zero attached hydrogens (tertiary/aromatic N) is 1. The third-order valence-corrected chi connectivity index (χ3v) is 6.83. The molecule has 0 aliphatic carbocycles. The standard InChI is InChI=1S/C30H25NO5S/c1-34-27-18-22(14-15-26(27)36-20-21-8-3-2-4-9-21)19-28-29(32)31(30(33)37-28)16-17-35-25-13-7-11-23-10-5-6-12-24(23)25/h2-15,18-19H,16-17,20H2,1H3/b28-19-. The number of hydrogen-bond acceptors (Lipinski definition) is 6. The molecule has 1 fully saturated rings. The van der Waals surface area contributed by atoms with Crippen molar-refractivity contribution in [3.8, 4) is 17.2 Å². The SMILES string of the molecule is COc1cc(/C=C2\SC(=O)N(CCOc3cccc4ccccc34)C2=O)ccc1OCc1ccccc1. The lowest BCUT2D eigenvalue weighted by Gasteiger charge is -2.14. The second-order valence-corrected chi connectivity index (χ2v) is 9.34. The molecule has 186 valence electrons.